The topological polar surface area (TPSA) is 29.5 Å². The van der Waals surface area contributed by atoms with Crippen molar-refractivity contribution in [3.05, 3.63) is 28.8 Å². The molecule has 0 spiro atoms. The molecule has 0 unspecified atom stereocenters. The molecule has 0 aromatic heterocycles. The first-order valence-corrected chi connectivity index (χ1v) is 5.45. The van der Waals surface area contributed by atoms with Crippen LogP contribution in [-0.2, 0) is 5.60 Å². The molecule has 2 rings (SSSR count). The Labute approximate surface area is 90.9 Å². The minimum Gasteiger partial charge on any atom is -0.496 e. The van der Waals surface area contributed by atoms with Crippen molar-refractivity contribution in [2.45, 2.75) is 38.7 Å². The second-order valence-electron chi connectivity index (χ2n) is 4.47. The number of aryl methyl sites for hydroxylation is 1. The maximum atomic E-state index is 10.3. The van der Waals surface area contributed by atoms with Crippen LogP contribution >= 0.6 is 0 Å². The van der Waals surface area contributed by atoms with E-state index in [1.54, 1.807) is 7.11 Å². The molecule has 1 saturated carbocycles. The zero-order chi connectivity index (χ0) is 11.1. The van der Waals surface area contributed by atoms with Crippen molar-refractivity contribution in [2.24, 2.45) is 0 Å². The summed E-state index contributed by atoms with van der Waals surface area (Å²) in [6.07, 6.45) is 2.81. The van der Waals surface area contributed by atoms with Gasteiger partial charge in [-0.1, -0.05) is 12.1 Å². The number of rotatable bonds is 2. The second kappa shape index (κ2) is 3.53. The molecule has 0 heterocycles. The van der Waals surface area contributed by atoms with Gasteiger partial charge in [0.2, 0.25) is 0 Å². The number of aliphatic hydroxyl groups is 1. The first-order valence-electron chi connectivity index (χ1n) is 5.45. The Morgan fingerprint density at radius 1 is 1.27 bits per heavy atom. The van der Waals surface area contributed by atoms with E-state index in [-0.39, 0.29) is 0 Å². The fraction of sp³-hybridized carbons (Fsp3) is 0.538. The summed E-state index contributed by atoms with van der Waals surface area (Å²) in [5.74, 6) is 0.859. The molecule has 1 aromatic rings. The number of benzene rings is 1. The first-order chi connectivity index (χ1) is 7.08. The van der Waals surface area contributed by atoms with E-state index in [4.69, 9.17) is 4.74 Å². The van der Waals surface area contributed by atoms with E-state index >= 15 is 0 Å². The van der Waals surface area contributed by atoms with Crippen LogP contribution in [0.25, 0.3) is 0 Å². The van der Waals surface area contributed by atoms with Gasteiger partial charge < -0.3 is 9.84 Å². The van der Waals surface area contributed by atoms with E-state index in [1.165, 1.54) is 5.56 Å². The molecule has 1 N–H and O–H groups in total. The lowest BCUT2D eigenvalue weighted by Crippen LogP contribution is -2.34. The summed E-state index contributed by atoms with van der Waals surface area (Å²) < 4.78 is 5.42. The number of hydrogen-bond donors (Lipinski definition) is 1. The van der Waals surface area contributed by atoms with Gasteiger partial charge in [0.1, 0.15) is 5.75 Å². The monoisotopic (exact) mass is 206 g/mol. The quantitative estimate of drug-likeness (QED) is 0.806. The summed E-state index contributed by atoms with van der Waals surface area (Å²) in [5, 5.41) is 10.3. The van der Waals surface area contributed by atoms with Crippen LogP contribution in [0.4, 0.5) is 0 Å². The fourth-order valence-corrected chi connectivity index (χ4v) is 2.20. The van der Waals surface area contributed by atoms with Gasteiger partial charge in [0.15, 0.2) is 0 Å². The molecule has 0 amide bonds. The van der Waals surface area contributed by atoms with Gasteiger partial charge in [0, 0.05) is 5.56 Å². The minimum absolute atomic E-state index is 0.635. The second-order valence-corrected chi connectivity index (χ2v) is 4.47. The summed E-state index contributed by atoms with van der Waals surface area (Å²) in [6.45, 7) is 4.10. The standard InChI is InChI=1S/C13H18O2/c1-9-5-6-11(12(15-3)10(9)2)13(14)7-4-8-13/h5-6,14H,4,7-8H2,1-3H3. The van der Waals surface area contributed by atoms with Crippen LogP contribution in [0.3, 0.4) is 0 Å². The Bertz CT molecular complexity index is 378. The molecule has 0 radical (unpaired) electrons. The van der Waals surface area contributed by atoms with Crippen LogP contribution in [-0.4, -0.2) is 12.2 Å². The SMILES string of the molecule is COc1c(C2(O)CCC2)ccc(C)c1C. The van der Waals surface area contributed by atoms with Crippen LogP contribution in [0.15, 0.2) is 12.1 Å². The number of hydrogen-bond acceptors (Lipinski definition) is 2. The van der Waals surface area contributed by atoms with Crippen LogP contribution in [0.5, 0.6) is 5.75 Å². The van der Waals surface area contributed by atoms with Gasteiger partial charge in [-0.2, -0.15) is 0 Å². The molecule has 15 heavy (non-hydrogen) atoms. The van der Waals surface area contributed by atoms with E-state index in [0.717, 1.165) is 36.1 Å². The summed E-state index contributed by atoms with van der Waals surface area (Å²) in [6, 6.07) is 4.06. The third kappa shape index (κ3) is 1.53. The predicted octanol–water partition coefficient (Wildman–Crippen LogP) is 2.68. The molecule has 0 saturated heterocycles. The van der Waals surface area contributed by atoms with Crippen molar-refractivity contribution in [1.82, 2.24) is 0 Å². The van der Waals surface area contributed by atoms with Crippen LogP contribution < -0.4 is 4.74 Å². The first kappa shape index (κ1) is 10.5. The molecule has 2 nitrogen and oxygen atoms in total. The summed E-state index contributed by atoms with van der Waals surface area (Å²) in [5.41, 5.74) is 2.66. The summed E-state index contributed by atoms with van der Waals surface area (Å²) in [4.78, 5) is 0. The van der Waals surface area contributed by atoms with Gasteiger partial charge in [-0.15, -0.1) is 0 Å². The summed E-state index contributed by atoms with van der Waals surface area (Å²) in [7, 11) is 1.67. The fourth-order valence-electron chi connectivity index (χ4n) is 2.20. The largest absolute Gasteiger partial charge is 0.496 e. The van der Waals surface area contributed by atoms with Crippen molar-refractivity contribution in [3.8, 4) is 5.75 Å². The Morgan fingerprint density at radius 3 is 2.40 bits per heavy atom. The van der Waals surface area contributed by atoms with Gasteiger partial charge >= 0.3 is 0 Å². The lowest BCUT2D eigenvalue weighted by atomic mass is 9.74. The van der Waals surface area contributed by atoms with Gasteiger partial charge in [-0.25, -0.2) is 0 Å². The lowest BCUT2D eigenvalue weighted by molar-refractivity contribution is -0.0405. The molecular formula is C13H18O2. The highest BCUT2D eigenvalue weighted by Gasteiger charge is 2.38. The maximum Gasteiger partial charge on any atom is 0.128 e. The van der Waals surface area contributed by atoms with Crippen molar-refractivity contribution in [3.63, 3.8) is 0 Å². The predicted molar refractivity (Wildman–Crippen MR) is 60.2 cm³/mol. The maximum absolute atomic E-state index is 10.3. The van der Waals surface area contributed by atoms with Crippen LogP contribution in [0, 0.1) is 13.8 Å². The number of ether oxygens (including phenoxy) is 1. The highest BCUT2D eigenvalue weighted by atomic mass is 16.5. The Balaban J connectivity index is 2.52. The molecule has 1 aliphatic carbocycles. The van der Waals surface area contributed by atoms with Gasteiger partial charge in [0.25, 0.3) is 0 Å². The molecular weight excluding hydrogens is 188 g/mol. The van der Waals surface area contributed by atoms with Gasteiger partial charge in [-0.3, -0.25) is 0 Å². The lowest BCUT2D eigenvalue weighted by Gasteiger charge is -2.38. The zero-order valence-corrected chi connectivity index (χ0v) is 9.63. The van der Waals surface area contributed by atoms with E-state index in [9.17, 15) is 5.11 Å². The Morgan fingerprint density at radius 2 is 1.93 bits per heavy atom. The zero-order valence-electron chi connectivity index (χ0n) is 9.63. The van der Waals surface area contributed by atoms with Crippen molar-refractivity contribution >= 4 is 0 Å². The van der Waals surface area contributed by atoms with E-state index in [1.807, 2.05) is 13.0 Å². The molecule has 0 atom stereocenters. The smallest absolute Gasteiger partial charge is 0.128 e. The Kier molecular flexibility index (Phi) is 2.47. The molecule has 82 valence electrons. The highest BCUT2D eigenvalue weighted by molar-refractivity contribution is 5.48. The molecule has 1 fully saturated rings. The Hall–Kier alpha value is -1.02. The van der Waals surface area contributed by atoms with Crippen molar-refractivity contribution in [1.29, 1.82) is 0 Å². The van der Waals surface area contributed by atoms with Crippen molar-refractivity contribution < 1.29 is 9.84 Å². The van der Waals surface area contributed by atoms with E-state index in [0.29, 0.717) is 0 Å². The third-order valence-electron chi connectivity index (χ3n) is 3.56. The average Bonchev–Trinajstić information content (AvgIpc) is 2.18. The van der Waals surface area contributed by atoms with Crippen molar-refractivity contribution in [2.75, 3.05) is 7.11 Å². The van der Waals surface area contributed by atoms with E-state index < -0.39 is 5.60 Å². The molecule has 0 bridgehead atoms. The van der Waals surface area contributed by atoms with Crippen LogP contribution in [0.1, 0.15) is 36.0 Å². The summed E-state index contributed by atoms with van der Waals surface area (Å²) >= 11 is 0. The van der Waals surface area contributed by atoms with Gasteiger partial charge in [-0.05, 0) is 44.2 Å². The van der Waals surface area contributed by atoms with Gasteiger partial charge in [0.05, 0.1) is 12.7 Å². The molecule has 2 heteroatoms. The average molecular weight is 206 g/mol. The number of methoxy groups -OCH3 is 1. The minimum atomic E-state index is -0.635. The molecule has 1 aliphatic rings. The third-order valence-corrected chi connectivity index (χ3v) is 3.56. The molecule has 0 aliphatic heterocycles. The van der Waals surface area contributed by atoms with Crippen LogP contribution in [0.2, 0.25) is 0 Å². The highest BCUT2D eigenvalue weighted by Crippen LogP contribution is 2.46. The normalized spacial score (nSPS) is 18.4. The van der Waals surface area contributed by atoms with E-state index in [2.05, 4.69) is 13.0 Å². The molecule has 1 aromatic carbocycles.